The van der Waals surface area contributed by atoms with Crippen molar-refractivity contribution in [2.24, 2.45) is 0 Å². The van der Waals surface area contributed by atoms with Crippen molar-refractivity contribution in [1.29, 1.82) is 0 Å². The van der Waals surface area contributed by atoms with Crippen molar-refractivity contribution in [2.75, 3.05) is 11.4 Å². The van der Waals surface area contributed by atoms with Gasteiger partial charge in [0, 0.05) is 12.6 Å². The number of carboxylic acids is 1. The summed E-state index contributed by atoms with van der Waals surface area (Å²) >= 11 is 1.34. The second kappa shape index (κ2) is 5.69. The lowest BCUT2D eigenvalue weighted by atomic mass is 10.2. The molecule has 1 saturated heterocycles. The normalized spacial score (nSPS) is 19.4. The first-order chi connectivity index (χ1) is 8.67. The molecule has 1 aliphatic heterocycles. The number of aryl methyl sites for hydroxylation is 1. The van der Waals surface area contributed by atoms with Crippen LogP contribution in [0.15, 0.2) is 0 Å². The zero-order chi connectivity index (χ0) is 13.1. The molecular formula is C13H20N2O2S. The predicted molar refractivity (Wildman–Crippen MR) is 73.7 cm³/mol. The highest BCUT2D eigenvalue weighted by Gasteiger charge is 2.27. The molecule has 0 amide bonds. The second-order valence-electron chi connectivity index (χ2n) is 4.73. The minimum atomic E-state index is -0.838. The molecule has 1 unspecified atom stereocenters. The van der Waals surface area contributed by atoms with Gasteiger partial charge in [0.25, 0.3) is 0 Å². The average molecular weight is 268 g/mol. The van der Waals surface area contributed by atoms with Crippen LogP contribution in [0, 0.1) is 0 Å². The number of hydrogen-bond donors (Lipinski definition) is 1. The van der Waals surface area contributed by atoms with Gasteiger partial charge in [0.05, 0.1) is 5.69 Å². The van der Waals surface area contributed by atoms with Crippen LogP contribution in [0.4, 0.5) is 5.13 Å². The molecule has 18 heavy (non-hydrogen) atoms. The minimum Gasteiger partial charge on any atom is -0.477 e. The molecule has 0 spiro atoms. The van der Waals surface area contributed by atoms with Gasteiger partial charge in [0.2, 0.25) is 0 Å². The first-order valence-electron chi connectivity index (χ1n) is 6.67. The molecule has 1 aromatic rings. The molecule has 1 fully saturated rings. The molecule has 1 aromatic heterocycles. The van der Waals surface area contributed by atoms with Crippen LogP contribution in [0.1, 0.15) is 54.9 Å². The third-order valence-corrected chi connectivity index (χ3v) is 4.58. The monoisotopic (exact) mass is 268 g/mol. The summed E-state index contributed by atoms with van der Waals surface area (Å²) in [6.45, 7) is 5.24. The molecular weight excluding hydrogens is 248 g/mol. The van der Waals surface area contributed by atoms with Gasteiger partial charge in [-0.25, -0.2) is 9.78 Å². The van der Waals surface area contributed by atoms with E-state index in [0.29, 0.717) is 10.9 Å². The third-order valence-electron chi connectivity index (χ3n) is 3.46. The van der Waals surface area contributed by atoms with E-state index >= 15 is 0 Å². The van der Waals surface area contributed by atoms with Gasteiger partial charge in [-0.15, -0.1) is 0 Å². The van der Waals surface area contributed by atoms with Gasteiger partial charge in [0.15, 0.2) is 5.13 Å². The summed E-state index contributed by atoms with van der Waals surface area (Å²) in [6, 6.07) is 0.535. The number of anilines is 1. The van der Waals surface area contributed by atoms with Crippen LogP contribution < -0.4 is 4.90 Å². The van der Waals surface area contributed by atoms with Crippen molar-refractivity contribution in [3.8, 4) is 0 Å². The SMILES string of the molecule is CCCc1nc(N2CCCC2CC)sc1C(=O)O. The van der Waals surface area contributed by atoms with Crippen LogP contribution >= 0.6 is 11.3 Å². The molecule has 100 valence electrons. The molecule has 2 rings (SSSR count). The minimum absolute atomic E-state index is 0.425. The van der Waals surface area contributed by atoms with Crippen molar-refractivity contribution in [3.63, 3.8) is 0 Å². The van der Waals surface area contributed by atoms with Gasteiger partial charge in [-0.3, -0.25) is 0 Å². The number of nitrogens with zero attached hydrogens (tertiary/aromatic N) is 2. The Balaban J connectivity index is 2.28. The predicted octanol–water partition coefficient (Wildman–Crippen LogP) is 3.17. The summed E-state index contributed by atoms with van der Waals surface area (Å²) in [4.78, 5) is 18.5. The van der Waals surface area contributed by atoms with E-state index in [9.17, 15) is 9.90 Å². The smallest absolute Gasteiger partial charge is 0.347 e. The van der Waals surface area contributed by atoms with Crippen molar-refractivity contribution in [2.45, 2.75) is 52.0 Å². The summed E-state index contributed by atoms with van der Waals surface area (Å²) in [6.07, 6.45) is 5.17. The number of aromatic nitrogens is 1. The Hall–Kier alpha value is -1.10. The van der Waals surface area contributed by atoms with Crippen molar-refractivity contribution in [3.05, 3.63) is 10.6 Å². The molecule has 1 atom stereocenters. The maximum absolute atomic E-state index is 11.2. The second-order valence-corrected chi connectivity index (χ2v) is 5.70. The van der Waals surface area contributed by atoms with Crippen LogP contribution in [0.5, 0.6) is 0 Å². The van der Waals surface area contributed by atoms with Gasteiger partial charge in [-0.2, -0.15) is 0 Å². The Morgan fingerprint density at radius 1 is 1.56 bits per heavy atom. The first kappa shape index (κ1) is 13.3. The van der Waals surface area contributed by atoms with E-state index in [1.165, 1.54) is 24.2 Å². The fourth-order valence-corrected chi connectivity index (χ4v) is 3.60. The standard InChI is InChI=1S/C13H20N2O2S/c1-3-6-10-11(12(16)17)18-13(14-10)15-8-5-7-9(15)4-2/h9H,3-8H2,1-2H3,(H,16,17). The lowest BCUT2D eigenvalue weighted by molar-refractivity contribution is 0.0700. The Kier molecular flexibility index (Phi) is 4.22. The van der Waals surface area contributed by atoms with E-state index < -0.39 is 5.97 Å². The van der Waals surface area contributed by atoms with Crippen LogP contribution in [-0.2, 0) is 6.42 Å². The third kappa shape index (κ3) is 2.51. The molecule has 1 N–H and O–H groups in total. The van der Waals surface area contributed by atoms with Gasteiger partial charge in [0.1, 0.15) is 4.88 Å². The summed E-state index contributed by atoms with van der Waals surface area (Å²) < 4.78 is 0. The number of rotatable bonds is 5. The van der Waals surface area contributed by atoms with Crippen molar-refractivity contribution in [1.82, 2.24) is 4.98 Å². The Morgan fingerprint density at radius 3 is 2.94 bits per heavy atom. The highest BCUT2D eigenvalue weighted by molar-refractivity contribution is 7.17. The number of hydrogen-bond acceptors (Lipinski definition) is 4. The van der Waals surface area contributed by atoms with E-state index in [0.717, 1.165) is 36.6 Å². The first-order valence-corrected chi connectivity index (χ1v) is 7.48. The summed E-state index contributed by atoms with van der Waals surface area (Å²) in [5, 5.41) is 10.1. The molecule has 1 aliphatic rings. The fraction of sp³-hybridized carbons (Fsp3) is 0.692. The van der Waals surface area contributed by atoms with Gasteiger partial charge >= 0.3 is 5.97 Å². The number of carboxylic acid groups (broad SMARTS) is 1. The van der Waals surface area contributed by atoms with Gasteiger partial charge < -0.3 is 10.0 Å². The molecule has 4 nitrogen and oxygen atoms in total. The van der Waals surface area contributed by atoms with Crippen molar-refractivity contribution < 1.29 is 9.90 Å². The number of aromatic carboxylic acids is 1. The van der Waals surface area contributed by atoms with Gasteiger partial charge in [-0.1, -0.05) is 31.6 Å². The van der Waals surface area contributed by atoms with Crippen LogP contribution in [-0.4, -0.2) is 28.6 Å². The van der Waals surface area contributed by atoms with E-state index in [2.05, 4.69) is 23.7 Å². The molecule has 0 bridgehead atoms. The quantitative estimate of drug-likeness (QED) is 0.891. The Bertz CT molecular complexity index is 431. The lowest BCUT2D eigenvalue weighted by Gasteiger charge is -2.22. The molecule has 0 saturated carbocycles. The lowest BCUT2D eigenvalue weighted by Crippen LogP contribution is -2.28. The summed E-state index contributed by atoms with van der Waals surface area (Å²) in [5.74, 6) is -0.838. The molecule has 0 aromatic carbocycles. The van der Waals surface area contributed by atoms with E-state index in [1.54, 1.807) is 0 Å². The highest BCUT2D eigenvalue weighted by Crippen LogP contribution is 2.33. The van der Waals surface area contributed by atoms with Crippen LogP contribution in [0.25, 0.3) is 0 Å². The van der Waals surface area contributed by atoms with Crippen LogP contribution in [0.2, 0.25) is 0 Å². The van der Waals surface area contributed by atoms with E-state index in [1.807, 2.05) is 0 Å². The summed E-state index contributed by atoms with van der Waals surface area (Å²) in [7, 11) is 0. The highest BCUT2D eigenvalue weighted by atomic mass is 32.1. The topological polar surface area (TPSA) is 53.4 Å². The molecule has 5 heteroatoms. The fourth-order valence-electron chi connectivity index (χ4n) is 2.55. The maximum atomic E-state index is 11.2. The van der Waals surface area contributed by atoms with Crippen molar-refractivity contribution >= 4 is 22.4 Å². The van der Waals surface area contributed by atoms with E-state index in [4.69, 9.17) is 0 Å². The molecule has 0 radical (unpaired) electrons. The number of thiazole rings is 1. The zero-order valence-corrected chi connectivity index (χ0v) is 11.8. The van der Waals surface area contributed by atoms with Crippen LogP contribution in [0.3, 0.4) is 0 Å². The molecule has 2 heterocycles. The summed E-state index contributed by atoms with van der Waals surface area (Å²) in [5.41, 5.74) is 0.756. The Morgan fingerprint density at radius 2 is 2.33 bits per heavy atom. The maximum Gasteiger partial charge on any atom is 0.347 e. The van der Waals surface area contributed by atoms with Gasteiger partial charge in [-0.05, 0) is 25.7 Å². The average Bonchev–Trinajstić information content (AvgIpc) is 2.94. The zero-order valence-electron chi connectivity index (χ0n) is 11.0. The van der Waals surface area contributed by atoms with E-state index in [-0.39, 0.29) is 0 Å². The molecule has 0 aliphatic carbocycles. The number of carbonyl (C=O) groups is 1. The Labute approximate surface area is 112 Å². The largest absolute Gasteiger partial charge is 0.477 e.